The normalized spacial score (nSPS) is 50.6. The molecule has 0 bridgehead atoms. The molecule has 0 aromatic rings. The first-order valence-corrected chi connectivity index (χ1v) is 7.84. The first-order valence-electron chi connectivity index (χ1n) is 7.84. The van der Waals surface area contributed by atoms with Crippen molar-refractivity contribution in [2.45, 2.75) is 56.2 Å². The van der Waals surface area contributed by atoms with E-state index < -0.39 is 47.2 Å². The number of ether oxygens (including phenoxy) is 3. The van der Waals surface area contributed by atoms with E-state index in [2.05, 4.69) is 13.2 Å². The van der Waals surface area contributed by atoms with Gasteiger partial charge in [-0.1, -0.05) is 13.2 Å². The zero-order chi connectivity index (χ0) is 16.7. The average molecular weight is 320 g/mol. The van der Waals surface area contributed by atoms with Crippen LogP contribution in [0.5, 0.6) is 0 Å². The summed E-state index contributed by atoms with van der Waals surface area (Å²) in [6.07, 6.45) is -0.590. The van der Waals surface area contributed by atoms with Crippen molar-refractivity contribution in [3.05, 3.63) is 24.3 Å². The van der Waals surface area contributed by atoms with Gasteiger partial charge in [-0.2, -0.15) is 0 Å². The SMILES string of the molecule is C=C1C(=O)OC2C1C(OC(C)=O)CC(=C)C1(O)CC3OC3(C)C21. The Balaban J connectivity index is 1.81. The molecule has 7 atom stereocenters. The number of fused-ring (bicyclic) bond motifs is 5. The maximum absolute atomic E-state index is 12.1. The van der Waals surface area contributed by atoms with Crippen LogP contribution in [0.4, 0.5) is 0 Å². The highest BCUT2D eigenvalue weighted by atomic mass is 16.6. The summed E-state index contributed by atoms with van der Waals surface area (Å²) >= 11 is 0. The summed E-state index contributed by atoms with van der Waals surface area (Å²) in [4.78, 5) is 23.6. The second-order valence-corrected chi connectivity index (χ2v) is 7.27. The number of rotatable bonds is 1. The Morgan fingerprint density at radius 1 is 1.43 bits per heavy atom. The van der Waals surface area contributed by atoms with Gasteiger partial charge in [0.1, 0.15) is 17.8 Å². The fourth-order valence-electron chi connectivity index (χ4n) is 4.83. The molecule has 6 nitrogen and oxygen atoms in total. The van der Waals surface area contributed by atoms with Gasteiger partial charge in [-0.25, -0.2) is 4.79 Å². The largest absolute Gasteiger partial charge is 0.461 e. The highest BCUT2D eigenvalue weighted by Crippen LogP contribution is 2.65. The number of hydrogen-bond donors (Lipinski definition) is 1. The minimum absolute atomic E-state index is 0.0623. The van der Waals surface area contributed by atoms with Crippen LogP contribution in [0.3, 0.4) is 0 Å². The summed E-state index contributed by atoms with van der Waals surface area (Å²) < 4.78 is 16.7. The van der Waals surface area contributed by atoms with Crippen LogP contribution in [0.15, 0.2) is 24.3 Å². The molecule has 2 aliphatic heterocycles. The van der Waals surface area contributed by atoms with Gasteiger partial charge in [-0.05, 0) is 12.5 Å². The van der Waals surface area contributed by atoms with Gasteiger partial charge in [0, 0.05) is 25.3 Å². The summed E-state index contributed by atoms with van der Waals surface area (Å²) in [5, 5.41) is 11.3. The molecule has 6 heteroatoms. The number of carbonyl (C=O) groups excluding carboxylic acids is 2. The van der Waals surface area contributed by atoms with Crippen LogP contribution in [0.2, 0.25) is 0 Å². The molecule has 4 rings (SSSR count). The van der Waals surface area contributed by atoms with E-state index in [1.54, 1.807) is 0 Å². The van der Waals surface area contributed by atoms with E-state index in [0.29, 0.717) is 12.0 Å². The first kappa shape index (κ1) is 14.9. The van der Waals surface area contributed by atoms with Crippen LogP contribution < -0.4 is 0 Å². The van der Waals surface area contributed by atoms with Gasteiger partial charge in [-0.3, -0.25) is 4.79 Å². The Bertz CT molecular complexity index is 653. The molecule has 7 unspecified atom stereocenters. The summed E-state index contributed by atoms with van der Waals surface area (Å²) in [7, 11) is 0. The Morgan fingerprint density at radius 2 is 2.13 bits per heavy atom. The summed E-state index contributed by atoms with van der Waals surface area (Å²) in [5.74, 6) is -1.86. The van der Waals surface area contributed by atoms with E-state index in [1.165, 1.54) is 6.92 Å². The summed E-state index contributed by atoms with van der Waals surface area (Å²) in [5.41, 5.74) is -0.841. The molecule has 0 amide bonds. The predicted molar refractivity (Wildman–Crippen MR) is 78.2 cm³/mol. The van der Waals surface area contributed by atoms with Gasteiger partial charge in [0.2, 0.25) is 0 Å². The molecule has 2 heterocycles. The van der Waals surface area contributed by atoms with Crippen molar-refractivity contribution in [1.82, 2.24) is 0 Å². The lowest BCUT2D eigenvalue weighted by Crippen LogP contribution is -2.49. The van der Waals surface area contributed by atoms with Crippen LogP contribution in [0.1, 0.15) is 26.7 Å². The molecule has 23 heavy (non-hydrogen) atoms. The molecular weight excluding hydrogens is 300 g/mol. The van der Waals surface area contributed by atoms with E-state index in [0.717, 1.165) is 0 Å². The second kappa shape index (κ2) is 4.24. The molecule has 4 aliphatic rings. The predicted octanol–water partition coefficient (Wildman–Crippen LogP) is 0.884. The van der Waals surface area contributed by atoms with Crippen molar-refractivity contribution in [1.29, 1.82) is 0 Å². The van der Waals surface area contributed by atoms with Crippen LogP contribution >= 0.6 is 0 Å². The van der Waals surface area contributed by atoms with Crippen molar-refractivity contribution in [2.75, 3.05) is 0 Å². The third-order valence-corrected chi connectivity index (χ3v) is 5.97. The second-order valence-electron chi connectivity index (χ2n) is 7.27. The number of epoxide rings is 1. The number of aliphatic hydroxyl groups is 1. The standard InChI is InChI=1S/C17H20O6/c1-7-5-10(21-9(3)18)12-8(2)15(19)22-13(12)14-16(4)11(23-16)6-17(7,14)20/h10-14,20H,1-2,5-6H2,3-4H3. The van der Waals surface area contributed by atoms with Crippen molar-refractivity contribution >= 4 is 11.9 Å². The van der Waals surface area contributed by atoms with Gasteiger partial charge in [0.15, 0.2) is 0 Å². The van der Waals surface area contributed by atoms with E-state index >= 15 is 0 Å². The molecule has 0 radical (unpaired) electrons. The minimum Gasteiger partial charge on any atom is -0.461 e. The topological polar surface area (TPSA) is 85.4 Å². The maximum atomic E-state index is 12.1. The Hall–Kier alpha value is -1.66. The van der Waals surface area contributed by atoms with Crippen LogP contribution in [-0.4, -0.2) is 46.6 Å². The van der Waals surface area contributed by atoms with Gasteiger partial charge >= 0.3 is 11.9 Å². The number of esters is 2. The Morgan fingerprint density at radius 3 is 2.78 bits per heavy atom. The molecule has 0 aromatic heterocycles. The number of hydrogen-bond acceptors (Lipinski definition) is 6. The molecule has 4 fully saturated rings. The molecule has 124 valence electrons. The molecule has 1 N–H and O–H groups in total. The molecule has 2 saturated heterocycles. The lowest BCUT2D eigenvalue weighted by molar-refractivity contribution is -0.153. The fraction of sp³-hybridized carbons (Fsp3) is 0.647. The van der Waals surface area contributed by atoms with E-state index in [-0.39, 0.29) is 18.1 Å². The first-order chi connectivity index (χ1) is 10.7. The third kappa shape index (κ3) is 1.76. The average Bonchev–Trinajstić information content (AvgIpc) is 2.89. The molecule has 0 aromatic carbocycles. The fourth-order valence-corrected chi connectivity index (χ4v) is 4.83. The zero-order valence-electron chi connectivity index (χ0n) is 13.2. The number of carbonyl (C=O) groups is 2. The Labute approximate surface area is 134 Å². The van der Waals surface area contributed by atoms with E-state index in [1.807, 2.05) is 6.92 Å². The van der Waals surface area contributed by atoms with Crippen molar-refractivity contribution in [2.24, 2.45) is 11.8 Å². The van der Waals surface area contributed by atoms with Gasteiger partial charge in [-0.15, -0.1) is 0 Å². The smallest absolute Gasteiger partial charge is 0.334 e. The van der Waals surface area contributed by atoms with Crippen LogP contribution in [-0.2, 0) is 23.8 Å². The molecular formula is C17H20O6. The van der Waals surface area contributed by atoms with Crippen LogP contribution in [0, 0.1) is 11.8 Å². The minimum atomic E-state index is -1.18. The van der Waals surface area contributed by atoms with Crippen molar-refractivity contribution in [3.8, 4) is 0 Å². The monoisotopic (exact) mass is 320 g/mol. The quantitative estimate of drug-likeness (QED) is 0.334. The van der Waals surface area contributed by atoms with Crippen molar-refractivity contribution in [3.63, 3.8) is 0 Å². The molecule has 2 aliphatic carbocycles. The van der Waals surface area contributed by atoms with Gasteiger partial charge in [0.25, 0.3) is 0 Å². The van der Waals surface area contributed by atoms with Crippen LogP contribution in [0.25, 0.3) is 0 Å². The van der Waals surface area contributed by atoms with E-state index in [9.17, 15) is 14.7 Å². The molecule has 0 spiro atoms. The maximum Gasteiger partial charge on any atom is 0.334 e. The molecule has 2 saturated carbocycles. The highest BCUT2D eigenvalue weighted by molar-refractivity contribution is 5.91. The van der Waals surface area contributed by atoms with Gasteiger partial charge in [0.05, 0.1) is 23.5 Å². The summed E-state index contributed by atoms with van der Waals surface area (Å²) in [6, 6.07) is 0. The lowest BCUT2D eigenvalue weighted by atomic mass is 9.75. The third-order valence-electron chi connectivity index (χ3n) is 5.97. The van der Waals surface area contributed by atoms with Crippen molar-refractivity contribution < 1.29 is 28.9 Å². The van der Waals surface area contributed by atoms with E-state index in [4.69, 9.17) is 14.2 Å². The Kier molecular flexibility index (Phi) is 2.75. The summed E-state index contributed by atoms with van der Waals surface area (Å²) in [6.45, 7) is 11.1. The highest BCUT2D eigenvalue weighted by Gasteiger charge is 2.77. The zero-order valence-corrected chi connectivity index (χ0v) is 13.2. The van der Waals surface area contributed by atoms with Gasteiger partial charge < -0.3 is 19.3 Å². The lowest BCUT2D eigenvalue weighted by Gasteiger charge is -2.37.